The minimum Gasteiger partial charge on any atom is -0.324 e. The van der Waals surface area contributed by atoms with Crippen molar-refractivity contribution in [2.75, 3.05) is 5.88 Å². The summed E-state index contributed by atoms with van der Waals surface area (Å²) >= 11 is 5.91. The third-order valence-electron chi connectivity index (χ3n) is 3.73. The Morgan fingerprint density at radius 2 is 2.05 bits per heavy atom. The van der Waals surface area contributed by atoms with Crippen molar-refractivity contribution in [3.8, 4) is 0 Å². The first-order chi connectivity index (χ1) is 9.38. The molecule has 0 amide bonds. The van der Waals surface area contributed by atoms with E-state index in [4.69, 9.17) is 16.6 Å². The summed E-state index contributed by atoms with van der Waals surface area (Å²) < 4.78 is 2.39. The van der Waals surface area contributed by atoms with E-state index in [1.165, 1.54) is 23.7 Å². The molecule has 3 aromatic rings. The van der Waals surface area contributed by atoms with Gasteiger partial charge in [-0.15, -0.1) is 11.6 Å². The lowest BCUT2D eigenvalue weighted by molar-refractivity contribution is 0.711. The van der Waals surface area contributed by atoms with Crippen LogP contribution < -0.4 is 0 Å². The molecule has 0 unspecified atom stereocenters. The van der Waals surface area contributed by atoms with Crippen LogP contribution in [0.1, 0.15) is 24.7 Å². The van der Waals surface area contributed by atoms with Crippen LogP contribution in [-0.4, -0.2) is 20.4 Å². The minimum atomic E-state index is 0.606. The lowest BCUT2D eigenvalue weighted by Crippen LogP contribution is -2.02. The Kier molecular flexibility index (Phi) is 2.49. The molecule has 0 bridgehead atoms. The van der Waals surface area contributed by atoms with Crippen LogP contribution >= 0.6 is 11.6 Å². The van der Waals surface area contributed by atoms with E-state index in [1.54, 1.807) is 0 Å². The number of benzene rings is 1. The highest BCUT2D eigenvalue weighted by atomic mass is 35.5. The first kappa shape index (κ1) is 11.2. The largest absolute Gasteiger partial charge is 0.324 e. The normalized spacial score (nSPS) is 15.4. The quantitative estimate of drug-likeness (QED) is 0.680. The standard InChI is InChI=1S/C15H14ClN3/c16-8-7-14-18-13-9-17-12-4-2-1-3-11(12)15(13)19(14)10-5-6-10/h1-4,9-10H,5-8H2. The predicted octanol–water partition coefficient (Wildman–Crippen LogP) is 3.70. The van der Waals surface area contributed by atoms with Gasteiger partial charge in [-0.2, -0.15) is 0 Å². The highest BCUT2D eigenvalue weighted by Crippen LogP contribution is 2.40. The van der Waals surface area contributed by atoms with E-state index < -0.39 is 0 Å². The molecule has 1 aliphatic carbocycles. The molecule has 4 rings (SSSR count). The molecule has 1 fully saturated rings. The number of aromatic nitrogens is 3. The topological polar surface area (TPSA) is 30.7 Å². The van der Waals surface area contributed by atoms with E-state index in [1.807, 2.05) is 12.3 Å². The number of aryl methyl sites for hydroxylation is 1. The summed E-state index contributed by atoms with van der Waals surface area (Å²) in [5, 5.41) is 1.19. The fourth-order valence-corrected chi connectivity index (χ4v) is 2.93. The molecule has 0 saturated heterocycles. The third-order valence-corrected chi connectivity index (χ3v) is 3.92. The Bertz CT molecular complexity index is 759. The van der Waals surface area contributed by atoms with Crippen LogP contribution in [0.4, 0.5) is 0 Å². The summed E-state index contributed by atoms with van der Waals surface area (Å²) in [5.74, 6) is 1.71. The maximum Gasteiger partial charge on any atom is 0.111 e. The van der Waals surface area contributed by atoms with Gasteiger partial charge in [0.05, 0.1) is 17.2 Å². The van der Waals surface area contributed by atoms with Gasteiger partial charge in [0.2, 0.25) is 0 Å². The zero-order valence-corrected chi connectivity index (χ0v) is 11.3. The van der Waals surface area contributed by atoms with E-state index in [2.05, 4.69) is 27.8 Å². The molecule has 1 aromatic carbocycles. The summed E-state index contributed by atoms with van der Waals surface area (Å²) in [7, 11) is 0. The molecule has 0 spiro atoms. The van der Waals surface area contributed by atoms with Gasteiger partial charge in [-0.05, 0) is 18.9 Å². The van der Waals surface area contributed by atoms with Crippen molar-refractivity contribution in [3.05, 3.63) is 36.3 Å². The summed E-state index contributed by atoms with van der Waals surface area (Å²) in [4.78, 5) is 9.22. The van der Waals surface area contributed by atoms with E-state index in [-0.39, 0.29) is 0 Å². The third kappa shape index (κ3) is 1.72. The average molecular weight is 272 g/mol. The molecule has 2 heterocycles. The molecular formula is C15H14ClN3. The molecule has 0 atom stereocenters. The van der Waals surface area contributed by atoms with Crippen LogP contribution in [0.3, 0.4) is 0 Å². The van der Waals surface area contributed by atoms with E-state index in [9.17, 15) is 0 Å². The van der Waals surface area contributed by atoms with Crippen molar-refractivity contribution in [2.45, 2.75) is 25.3 Å². The van der Waals surface area contributed by atoms with E-state index in [0.717, 1.165) is 23.3 Å². The molecule has 1 saturated carbocycles. The van der Waals surface area contributed by atoms with E-state index in [0.29, 0.717) is 11.9 Å². The first-order valence-corrected chi connectivity index (χ1v) is 7.22. The zero-order valence-electron chi connectivity index (χ0n) is 10.5. The van der Waals surface area contributed by atoms with Crippen LogP contribution in [0.25, 0.3) is 21.9 Å². The van der Waals surface area contributed by atoms with Crippen molar-refractivity contribution in [1.29, 1.82) is 0 Å². The van der Waals surface area contributed by atoms with Gasteiger partial charge in [0.1, 0.15) is 11.3 Å². The average Bonchev–Trinajstić information content (AvgIpc) is 3.20. The lowest BCUT2D eigenvalue weighted by Gasteiger charge is -2.08. The molecule has 0 N–H and O–H groups in total. The Hall–Kier alpha value is -1.61. The molecule has 1 aliphatic rings. The van der Waals surface area contributed by atoms with Crippen LogP contribution in [0.5, 0.6) is 0 Å². The number of pyridine rings is 1. The lowest BCUT2D eigenvalue weighted by atomic mass is 10.2. The summed E-state index contributed by atoms with van der Waals surface area (Å²) in [6, 6.07) is 8.89. The zero-order chi connectivity index (χ0) is 12.8. The molecular weight excluding hydrogens is 258 g/mol. The molecule has 19 heavy (non-hydrogen) atoms. The Balaban J connectivity index is 2.10. The van der Waals surface area contributed by atoms with E-state index >= 15 is 0 Å². The van der Waals surface area contributed by atoms with Crippen molar-refractivity contribution < 1.29 is 0 Å². The van der Waals surface area contributed by atoms with Crippen molar-refractivity contribution in [3.63, 3.8) is 0 Å². The maximum absolute atomic E-state index is 5.91. The van der Waals surface area contributed by atoms with Crippen molar-refractivity contribution in [2.24, 2.45) is 0 Å². The smallest absolute Gasteiger partial charge is 0.111 e. The molecule has 3 nitrogen and oxygen atoms in total. The van der Waals surface area contributed by atoms with Gasteiger partial charge < -0.3 is 4.57 Å². The summed E-state index contributed by atoms with van der Waals surface area (Å²) in [6.45, 7) is 0. The van der Waals surface area contributed by atoms with Gasteiger partial charge in [0, 0.05) is 23.7 Å². The highest BCUT2D eigenvalue weighted by Gasteiger charge is 2.28. The number of nitrogens with zero attached hydrogens (tertiary/aromatic N) is 3. The number of para-hydroxylation sites is 1. The number of fused-ring (bicyclic) bond motifs is 3. The second-order valence-corrected chi connectivity index (χ2v) is 5.46. The summed E-state index contributed by atoms with van der Waals surface area (Å²) in [6.07, 6.45) is 5.20. The molecule has 96 valence electrons. The number of hydrogen-bond acceptors (Lipinski definition) is 2. The number of hydrogen-bond donors (Lipinski definition) is 0. The number of imidazole rings is 1. The summed E-state index contributed by atoms with van der Waals surface area (Å²) in [5.41, 5.74) is 3.26. The predicted molar refractivity (Wildman–Crippen MR) is 77.7 cm³/mol. The van der Waals surface area contributed by atoms with Crippen molar-refractivity contribution >= 4 is 33.5 Å². The minimum absolute atomic E-state index is 0.606. The van der Waals surface area contributed by atoms with Gasteiger partial charge in [-0.3, -0.25) is 4.98 Å². The van der Waals surface area contributed by atoms with Crippen LogP contribution in [0.15, 0.2) is 30.5 Å². The van der Waals surface area contributed by atoms with Gasteiger partial charge in [0.15, 0.2) is 0 Å². The van der Waals surface area contributed by atoms with Crippen LogP contribution in [0, 0.1) is 0 Å². The maximum atomic E-state index is 5.91. The highest BCUT2D eigenvalue weighted by molar-refractivity contribution is 6.18. The molecule has 0 aliphatic heterocycles. The van der Waals surface area contributed by atoms with Gasteiger partial charge >= 0.3 is 0 Å². The van der Waals surface area contributed by atoms with Gasteiger partial charge in [-0.25, -0.2) is 4.98 Å². The van der Waals surface area contributed by atoms with Gasteiger partial charge in [0.25, 0.3) is 0 Å². The van der Waals surface area contributed by atoms with Crippen LogP contribution in [0.2, 0.25) is 0 Å². The van der Waals surface area contributed by atoms with Crippen LogP contribution in [-0.2, 0) is 6.42 Å². The molecule has 0 radical (unpaired) electrons. The monoisotopic (exact) mass is 271 g/mol. The van der Waals surface area contributed by atoms with Gasteiger partial charge in [-0.1, -0.05) is 18.2 Å². The number of alkyl halides is 1. The Morgan fingerprint density at radius 1 is 1.21 bits per heavy atom. The fraction of sp³-hybridized carbons (Fsp3) is 0.333. The second kappa shape index (κ2) is 4.20. The Labute approximate surface area is 116 Å². The Morgan fingerprint density at radius 3 is 2.84 bits per heavy atom. The number of halogens is 1. The molecule has 2 aromatic heterocycles. The first-order valence-electron chi connectivity index (χ1n) is 6.69. The SMILES string of the molecule is ClCCc1nc2cnc3ccccc3c2n1C1CC1. The number of rotatable bonds is 3. The fourth-order valence-electron chi connectivity index (χ4n) is 2.76. The second-order valence-electron chi connectivity index (χ2n) is 5.08. The molecule has 4 heteroatoms. The van der Waals surface area contributed by atoms with Crippen molar-refractivity contribution in [1.82, 2.24) is 14.5 Å².